The van der Waals surface area contributed by atoms with Crippen molar-refractivity contribution in [2.75, 3.05) is 4.90 Å². The Morgan fingerprint density at radius 1 is 0.923 bits per heavy atom. The zero-order valence-electron chi connectivity index (χ0n) is 14.1. The molecule has 128 valence electrons. The predicted octanol–water partition coefficient (Wildman–Crippen LogP) is 4.14. The molecule has 0 saturated carbocycles. The fraction of sp³-hybridized carbons (Fsp3) is 0.143. The number of para-hydroxylation sites is 1. The molecule has 1 aliphatic rings. The Labute approximate surface area is 150 Å². The van der Waals surface area contributed by atoms with Gasteiger partial charge in [0.15, 0.2) is 0 Å². The van der Waals surface area contributed by atoms with Crippen LogP contribution in [0.4, 0.5) is 10.2 Å². The molecule has 0 bridgehead atoms. The van der Waals surface area contributed by atoms with Crippen LogP contribution in [0.2, 0.25) is 0 Å². The summed E-state index contributed by atoms with van der Waals surface area (Å²) in [6.07, 6.45) is 1.93. The molecule has 5 rings (SSSR count). The second kappa shape index (κ2) is 5.95. The molecule has 4 nitrogen and oxygen atoms in total. The van der Waals surface area contributed by atoms with E-state index in [4.69, 9.17) is 4.98 Å². The molecule has 0 fully saturated rings. The second-order valence-corrected chi connectivity index (χ2v) is 6.62. The van der Waals surface area contributed by atoms with E-state index in [1.807, 2.05) is 29.1 Å². The summed E-state index contributed by atoms with van der Waals surface area (Å²) in [7, 11) is 0. The van der Waals surface area contributed by atoms with Crippen molar-refractivity contribution in [3.63, 3.8) is 0 Å². The number of fused-ring (bicyclic) bond motifs is 2. The van der Waals surface area contributed by atoms with Gasteiger partial charge in [0.2, 0.25) is 0 Å². The van der Waals surface area contributed by atoms with Gasteiger partial charge in [0.05, 0.1) is 30.5 Å². The first kappa shape index (κ1) is 15.1. The number of halogens is 1. The quantitative estimate of drug-likeness (QED) is 0.560. The van der Waals surface area contributed by atoms with Crippen molar-refractivity contribution in [1.29, 1.82) is 0 Å². The molecule has 0 aliphatic carbocycles. The summed E-state index contributed by atoms with van der Waals surface area (Å²) >= 11 is 0. The van der Waals surface area contributed by atoms with Gasteiger partial charge in [0, 0.05) is 17.5 Å². The lowest BCUT2D eigenvalue weighted by Crippen LogP contribution is -2.18. The van der Waals surface area contributed by atoms with Gasteiger partial charge in [-0.25, -0.2) is 9.37 Å². The summed E-state index contributed by atoms with van der Waals surface area (Å²) in [5, 5.41) is 5.66. The first-order valence-electron chi connectivity index (χ1n) is 8.65. The predicted molar refractivity (Wildman–Crippen MR) is 99.4 cm³/mol. The highest BCUT2D eigenvalue weighted by atomic mass is 19.1. The zero-order valence-corrected chi connectivity index (χ0v) is 14.1. The summed E-state index contributed by atoms with van der Waals surface area (Å²) in [6, 6.07) is 18.9. The fourth-order valence-electron chi connectivity index (χ4n) is 3.50. The van der Waals surface area contributed by atoms with Crippen LogP contribution >= 0.6 is 0 Å². The van der Waals surface area contributed by atoms with Gasteiger partial charge in [-0.2, -0.15) is 5.10 Å². The molecule has 0 unspecified atom stereocenters. The van der Waals surface area contributed by atoms with Crippen molar-refractivity contribution in [3.05, 3.63) is 89.5 Å². The molecule has 0 saturated heterocycles. The lowest BCUT2D eigenvalue weighted by atomic mass is 10.2. The number of aromatic nitrogens is 3. The van der Waals surface area contributed by atoms with E-state index in [1.165, 1.54) is 23.4 Å². The van der Waals surface area contributed by atoms with E-state index in [2.05, 4.69) is 28.2 Å². The maximum absolute atomic E-state index is 13.1. The monoisotopic (exact) mass is 344 g/mol. The molecule has 1 aliphatic heterocycles. The SMILES string of the molecule is Fc1ccc(Cn2ncc3c2CN(c2ccc4ccccc4n2)C3)cc1. The molecule has 0 amide bonds. The molecule has 0 atom stereocenters. The molecule has 26 heavy (non-hydrogen) atoms. The Hall–Kier alpha value is -3.21. The Morgan fingerprint density at radius 2 is 1.77 bits per heavy atom. The van der Waals surface area contributed by atoms with Crippen molar-refractivity contribution in [2.24, 2.45) is 0 Å². The summed E-state index contributed by atoms with van der Waals surface area (Å²) in [5.74, 6) is 0.765. The Balaban J connectivity index is 1.40. The highest BCUT2D eigenvalue weighted by Crippen LogP contribution is 2.28. The van der Waals surface area contributed by atoms with Crippen LogP contribution in [0.25, 0.3) is 10.9 Å². The number of pyridine rings is 1. The van der Waals surface area contributed by atoms with Crippen LogP contribution in [0.1, 0.15) is 16.8 Å². The largest absolute Gasteiger partial charge is 0.346 e. The summed E-state index contributed by atoms with van der Waals surface area (Å²) in [5.41, 5.74) is 4.47. The van der Waals surface area contributed by atoms with Gasteiger partial charge in [0.25, 0.3) is 0 Å². The lowest BCUT2D eigenvalue weighted by molar-refractivity contribution is 0.620. The van der Waals surface area contributed by atoms with E-state index >= 15 is 0 Å². The van der Waals surface area contributed by atoms with Crippen LogP contribution in [0.5, 0.6) is 0 Å². The van der Waals surface area contributed by atoms with Gasteiger partial charge in [0.1, 0.15) is 11.6 Å². The number of benzene rings is 2. The maximum atomic E-state index is 13.1. The molecule has 2 aromatic carbocycles. The van der Waals surface area contributed by atoms with E-state index in [-0.39, 0.29) is 5.82 Å². The Morgan fingerprint density at radius 3 is 2.65 bits per heavy atom. The number of nitrogens with zero attached hydrogens (tertiary/aromatic N) is 4. The van der Waals surface area contributed by atoms with E-state index in [9.17, 15) is 4.39 Å². The van der Waals surface area contributed by atoms with Crippen molar-refractivity contribution >= 4 is 16.7 Å². The molecule has 2 aromatic heterocycles. The van der Waals surface area contributed by atoms with Gasteiger partial charge < -0.3 is 4.90 Å². The summed E-state index contributed by atoms with van der Waals surface area (Å²) in [4.78, 5) is 7.06. The smallest absolute Gasteiger partial charge is 0.129 e. The lowest BCUT2D eigenvalue weighted by Gasteiger charge is -2.17. The average Bonchev–Trinajstić information content (AvgIpc) is 3.25. The fourth-order valence-corrected chi connectivity index (χ4v) is 3.50. The van der Waals surface area contributed by atoms with Crippen molar-refractivity contribution < 1.29 is 4.39 Å². The van der Waals surface area contributed by atoms with Gasteiger partial charge in [-0.05, 0) is 35.9 Å². The second-order valence-electron chi connectivity index (χ2n) is 6.62. The van der Waals surface area contributed by atoms with E-state index in [0.29, 0.717) is 6.54 Å². The number of anilines is 1. The van der Waals surface area contributed by atoms with E-state index < -0.39 is 0 Å². The summed E-state index contributed by atoms with van der Waals surface area (Å²) < 4.78 is 15.1. The standard InChI is InChI=1S/C21H17FN4/c22-18-8-5-15(6-9-18)12-26-20-14-25(13-17(20)11-23-26)21-10-7-16-3-1-2-4-19(16)24-21/h1-11H,12-14H2. The normalized spacial score (nSPS) is 13.3. The third-order valence-electron chi connectivity index (χ3n) is 4.89. The zero-order chi connectivity index (χ0) is 17.5. The third-order valence-corrected chi connectivity index (χ3v) is 4.89. The van der Waals surface area contributed by atoms with Crippen LogP contribution in [0.3, 0.4) is 0 Å². The van der Waals surface area contributed by atoms with Crippen molar-refractivity contribution in [3.8, 4) is 0 Å². The first-order chi connectivity index (χ1) is 12.8. The van der Waals surface area contributed by atoms with Crippen LogP contribution in [-0.2, 0) is 19.6 Å². The minimum absolute atomic E-state index is 0.215. The minimum Gasteiger partial charge on any atom is -0.346 e. The van der Waals surface area contributed by atoms with Gasteiger partial charge in [-0.15, -0.1) is 0 Å². The van der Waals surface area contributed by atoms with E-state index in [1.54, 1.807) is 12.1 Å². The van der Waals surface area contributed by atoms with Crippen molar-refractivity contribution in [1.82, 2.24) is 14.8 Å². The molecular formula is C21H17FN4. The Bertz CT molecular complexity index is 1080. The van der Waals surface area contributed by atoms with Crippen LogP contribution in [0.15, 0.2) is 66.9 Å². The van der Waals surface area contributed by atoms with Gasteiger partial charge >= 0.3 is 0 Å². The van der Waals surface area contributed by atoms with Crippen LogP contribution < -0.4 is 4.90 Å². The van der Waals surface area contributed by atoms with Gasteiger partial charge in [-0.3, -0.25) is 4.68 Å². The molecule has 5 heteroatoms. The molecular weight excluding hydrogens is 327 g/mol. The number of hydrogen-bond acceptors (Lipinski definition) is 3. The summed E-state index contributed by atoms with van der Waals surface area (Å²) in [6.45, 7) is 2.24. The van der Waals surface area contributed by atoms with Crippen molar-refractivity contribution in [2.45, 2.75) is 19.6 Å². The van der Waals surface area contributed by atoms with Crippen LogP contribution in [0, 0.1) is 5.82 Å². The molecule has 0 spiro atoms. The topological polar surface area (TPSA) is 34.0 Å². The average molecular weight is 344 g/mol. The highest BCUT2D eigenvalue weighted by molar-refractivity contribution is 5.80. The number of rotatable bonds is 3. The maximum Gasteiger partial charge on any atom is 0.129 e. The molecule has 4 aromatic rings. The van der Waals surface area contributed by atoms with E-state index in [0.717, 1.165) is 35.4 Å². The van der Waals surface area contributed by atoms with Crippen LogP contribution in [-0.4, -0.2) is 14.8 Å². The molecule has 0 radical (unpaired) electrons. The first-order valence-corrected chi connectivity index (χ1v) is 8.65. The highest BCUT2D eigenvalue weighted by Gasteiger charge is 2.24. The number of hydrogen-bond donors (Lipinski definition) is 0. The molecule has 0 N–H and O–H groups in total. The Kier molecular flexibility index (Phi) is 3.45. The minimum atomic E-state index is -0.215. The molecule has 3 heterocycles. The van der Waals surface area contributed by atoms with Gasteiger partial charge in [-0.1, -0.05) is 30.3 Å². The third kappa shape index (κ3) is 2.62.